The van der Waals surface area contributed by atoms with E-state index in [9.17, 15) is 4.39 Å². The van der Waals surface area contributed by atoms with Crippen molar-refractivity contribution in [2.75, 3.05) is 0 Å². The van der Waals surface area contributed by atoms with Crippen molar-refractivity contribution in [3.63, 3.8) is 0 Å². The Labute approximate surface area is 97.0 Å². The smallest absolute Gasteiger partial charge is 0.128 e. The van der Waals surface area contributed by atoms with Crippen LogP contribution in [0.1, 0.15) is 16.1 Å². The minimum absolute atomic E-state index is 0.246. The fourth-order valence-corrected chi connectivity index (χ4v) is 2.21. The summed E-state index contributed by atoms with van der Waals surface area (Å²) in [4.78, 5) is 4.83. The molecule has 80 valence electrons. The highest BCUT2D eigenvalue weighted by molar-refractivity contribution is 7.15. The summed E-state index contributed by atoms with van der Waals surface area (Å²) in [5.41, 5.74) is 2.03. The first-order valence-corrected chi connectivity index (χ1v) is 5.57. The molecule has 0 aliphatic heterocycles. The summed E-state index contributed by atoms with van der Waals surface area (Å²) in [5, 5.41) is 9.51. The number of nitrogens with zero attached hydrogens (tertiary/aromatic N) is 2. The van der Waals surface area contributed by atoms with Gasteiger partial charge in [0.15, 0.2) is 0 Å². The Morgan fingerprint density at radius 2 is 2.12 bits per heavy atom. The molecule has 0 unspecified atom stereocenters. The summed E-state index contributed by atoms with van der Waals surface area (Å²) in [6, 6.07) is 7.06. The van der Waals surface area contributed by atoms with Crippen LogP contribution in [0.2, 0.25) is 0 Å². The highest BCUT2D eigenvalue weighted by Gasteiger charge is 2.10. The summed E-state index contributed by atoms with van der Waals surface area (Å²) in [7, 11) is 0. The Kier molecular flexibility index (Phi) is 2.71. The number of hydrogen-bond donors (Lipinski definition) is 0. The maximum absolute atomic E-state index is 13.4. The lowest BCUT2D eigenvalue weighted by atomic mass is 10.1. The molecule has 0 bridgehead atoms. The number of benzene rings is 1. The minimum atomic E-state index is -0.246. The van der Waals surface area contributed by atoms with Crippen LogP contribution in [0.4, 0.5) is 4.39 Å². The van der Waals surface area contributed by atoms with Gasteiger partial charge >= 0.3 is 0 Å². The van der Waals surface area contributed by atoms with Crippen molar-refractivity contribution in [3.05, 3.63) is 40.2 Å². The molecular weight excluding hydrogens is 223 g/mol. The largest absolute Gasteiger partial charge is 0.240 e. The van der Waals surface area contributed by atoms with Crippen LogP contribution in [0.25, 0.3) is 10.6 Å². The lowest BCUT2D eigenvalue weighted by Gasteiger charge is -1.98. The average molecular weight is 232 g/mol. The van der Waals surface area contributed by atoms with Crippen LogP contribution < -0.4 is 0 Å². The number of aromatic nitrogens is 1. The van der Waals surface area contributed by atoms with Gasteiger partial charge in [-0.05, 0) is 25.5 Å². The van der Waals surface area contributed by atoms with E-state index in [0.717, 1.165) is 5.56 Å². The maximum atomic E-state index is 13.4. The van der Waals surface area contributed by atoms with Crippen LogP contribution in [0.15, 0.2) is 18.2 Å². The monoisotopic (exact) mass is 232 g/mol. The van der Waals surface area contributed by atoms with Gasteiger partial charge in [0.1, 0.15) is 21.8 Å². The van der Waals surface area contributed by atoms with E-state index in [0.29, 0.717) is 21.1 Å². The Balaban J connectivity index is 2.51. The van der Waals surface area contributed by atoms with Crippen LogP contribution in [0.3, 0.4) is 0 Å². The van der Waals surface area contributed by atoms with E-state index in [1.54, 1.807) is 19.9 Å². The molecule has 16 heavy (non-hydrogen) atoms. The molecule has 0 spiro atoms. The predicted octanol–water partition coefficient (Wildman–Crippen LogP) is 3.44. The Hall–Kier alpha value is -1.73. The summed E-state index contributed by atoms with van der Waals surface area (Å²) in [6.07, 6.45) is 0. The van der Waals surface area contributed by atoms with Crippen LogP contribution in [-0.2, 0) is 0 Å². The number of nitriles is 1. The van der Waals surface area contributed by atoms with Crippen molar-refractivity contribution < 1.29 is 4.39 Å². The van der Waals surface area contributed by atoms with E-state index in [1.165, 1.54) is 17.4 Å². The fourth-order valence-electron chi connectivity index (χ4n) is 1.35. The van der Waals surface area contributed by atoms with Crippen LogP contribution in [0, 0.1) is 31.0 Å². The van der Waals surface area contributed by atoms with Crippen molar-refractivity contribution in [2.45, 2.75) is 13.8 Å². The fraction of sp³-hybridized carbons (Fsp3) is 0.167. The molecule has 0 radical (unpaired) electrons. The van der Waals surface area contributed by atoms with Gasteiger partial charge in [0.25, 0.3) is 0 Å². The molecule has 0 saturated heterocycles. The SMILES string of the molecule is Cc1ccc(-c2nc(C)c(C#N)s2)cc1F. The quantitative estimate of drug-likeness (QED) is 0.755. The van der Waals surface area contributed by atoms with Gasteiger partial charge < -0.3 is 0 Å². The molecule has 2 nitrogen and oxygen atoms in total. The number of aryl methyl sites for hydroxylation is 2. The summed E-state index contributed by atoms with van der Waals surface area (Å²) in [5.74, 6) is -0.246. The summed E-state index contributed by atoms with van der Waals surface area (Å²) in [6.45, 7) is 3.50. The van der Waals surface area contributed by atoms with Gasteiger partial charge in [-0.2, -0.15) is 5.26 Å². The summed E-state index contributed by atoms with van der Waals surface area (Å²) >= 11 is 1.29. The third-order valence-corrected chi connectivity index (χ3v) is 3.43. The van der Waals surface area contributed by atoms with Gasteiger partial charge in [0.2, 0.25) is 0 Å². The molecule has 2 rings (SSSR count). The second-order valence-corrected chi connectivity index (χ2v) is 4.51. The number of rotatable bonds is 1. The van der Waals surface area contributed by atoms with E-state index >= 15 is 0 Å². The lowest BCUT2D eigenvalue weighted by Crippen LogP contribution is -1.84. The molecule has 0 saturated carbocycles. The zero-order chi connectivity index (χ0) is 11.7. The van der Waals surface area contributed by atoms with Gasteiger partial charge in [-0.3, -0.25) is 0 Å². The molecule has 0 fully saturated rings. The first kappa shape index (κ1) is 10.8. The molecule has 0 amide bonds. The predicted molar refractivity (Wildman–Crippen MR) is 61.7 cm³/mol. The molecular formula is C12H9FN2S. The number of hydrogen-bond acceptors (Lipinski definition) is 3. The maximum Gasteiger partial charge on any atom is 0.128 e. The highest BCUT2D eigenvalue weighted by Crippen LogP contribution is 2.28. The molecule has 0 aliphatic rings. The highest BCUT2D eigenvalue weighted by atomic mass is 32.1. The van der Waals surface area contributed by atoms with Gasteiger partial charge in [0.05, 0.1) is 5.69 Å². The van der Waals surface area contributed by atoms with Crippen LogP contribution >= 0.6 is 11.3 Å². The summed E-state index contributed by atoms with van der Waals surface area (Å²) < 4.78 is 13.4. The topological polar surface area (TPSA) is 36.7 Å². The van der Waals surface area contributed by atoms with Crippen LogP contribution in [-0.4, -0.2) is 4.98 Å². The molecule has 0 aliphatic carbocycles. The van der Waals surface area contributed by atoms with Crippen molar-refractivity contribution >= 4 is 11.3 Å². The van der Waals surface area contributed by atoms with Crippen molar-refractivity contribution in [1.29, 1.82) is 5.26 Å². The third-order valence-electron chi connectivity index (χ3n) is 2.32. The Bertz CT molecular complexity index is 581. The molecule has 2 aromatic rings. The first-order valence-electron chi connectivity index (χ1n) is 4.76. The minimum Gasteiger partial charge on any atom is -0.240 e. The second-order valence-electron chi connectivity index (χ2n) is 3.51. The van der Waals surface area contributed by atoms with Crippen molar-refractivity contribution in [2.24, 2.45) is 0 Å². The van der Waals surface area contributed by atoms with E-state index in [1.807, 2.05) is 6.07 Å². The Morgan fingerprint density at radius 3 is 2.69 bits per heavy atom. The standard InChI is InChI=1S/C12H9FN2S/c1-7-3-4-9(5-10(7)13)12-15-8(2)11(6-14)16-12/h3-5H,1-2H3. The van der Waals surface area contributed by atoms with E-state index in [2.05, 4.69) is 11.1 Å². The zero-order valence-corrected chi connectivity index (χ0v) is 9.73. The van der Waals surface area contributed by atoms with Gasteiger partial charge in [-0.15, -0.1) is 11.3 Å². The zero-order valence-electron chi connectivity index (χ0n) is 8.91. The van der Waals surface area contributed by atoms with Gasteiger partial charge in [0, 0.05) is 5.56 Å². The van der Waals surface area contributed by atoms with Crippen LogP contribution in [0.5, 0.6) is 0 Å². The van der Waals surface area contributed by atoms with Crippen molar-refractivity contribution in [3.8, 4) is 16.6 Å². The Morgan fingerprint density at radius 1 is 1.38 bits per heavy atom. The molecule has 1 aromatic carbocycles. The molecule has 4 heteroatoms. The molecule has 1 aromatic heterocycles. The van der Waals surface area contributed by atoms with Crippen molar-refractivity contribution in [1.82, 2.24) is 4.98 Å². The van der Waals surface area contributed by atoms with E-state index < -0.39 is 0 Å². The van der Waals surface area contributed by atoms with E-state index in [-0.39, 0.29) is 5.82 Å². The van der Waals surface area contributed by atoms with Gasteiger partial charge in [-0.1, -0.05) is 12.1 Å². The molecule has 1 heterocycles. The van der Waals surface area contributed by atoms with Gasteiger partial charge in [-0.25, -0.2) is 9.37 Å². The molecule has 0 N–H and O–H groups in total. The molecule has 0 atom stereocenters. The number of halogens is 1. The van der Waals surface area contributed by atoms with E-state index in [4.69, 9.17) is 5.26 Å². The third kappa shape index (κ3) is 1.82. The number of thiazole rings is 1. The first-order chi connectivity index (χ1) is 7.61. The average Bonchev–Trinajstić information content (AvgIpc) is 2.64. The lowest BCUT2D eigenvalue weighted by molar-refractivity contribution is 0.619. The second kappa shape index (κ2) is 4.03. The normalized spacial score (nSPS) is 10.1.